The quantitative estimate of drug-likeness (QED) is 0.667. The van der Waals surface area contributed by atoms with Gasteiger partial charge < -0.3 is 14.5 Å². The van der Waals surface area contributed by atoms with Crippen LogP contribution in [0.1, 0.15) is 43.5 Å². The Kier molecular flexibility index (Phi) is 7.63. The number of ether oxygens (including phenoxy) is 1. The Morgan fingerprint density at radius 3 is 2.53 bits per heavy atom. The Balaban J connectivity index is 1.59. The normalized spacial score (nSPS) is 15.7. The summed E-state index contributed by atoms with van der Waals surface area (Å²) in [4.78, 5) is 29.4. The first-order valence-corrected chi connectivity index (χ1v) is 10.7. The number of hydrogen-bond donors (Lipinski definition) is 0. The summed E-state index contributed by atoms with van der Waals surface area (Å²) in [5, 5.41) is 0. The fraction of sp³-hybridized carbons (Fsp3) is 0.440. The topological polar surface area (TPSA) is 49.9 Å². The highest BCUT2D eigenvalue weighted by Crippen LogP contribution is 2.29. The van der Waals surface area contributed by atoms with Crippen LogP contribution in [0.15, 0.2) is 54.6 Å². The third-order valence-corrected chi connectivity index (χ3v) is 5.52. The highest BCUT2D eigenvalue weighted by atomic mass is 16.5. The van der Waals surface area contributed by atoms with E-state index in [2.05, 4.69) is 32.9 Å². The lowest BCUT2D eigenvalue weighted by Gasteiger charge is -2.37. The Morgan fingerprint density at radius 1 is 1.10 bits per heavy atom. The predicted molar refractivity (Wildman–Crippen MR) is 118 cm³/mol. The number of fused-ring (bicyclic) bond motifs is 1. The van der Waals surface area contributed by atoms with Crippen LogP contribution in [0.2, 0.25) is 0 Å². The molecule has 160 valence electrons. The Labute approximate surface area is 179 Å². The smallest absolute Gasteiger partial charge is 0.249 e. The lowest BCUT2D eigenvalue weighted by Crippen LogP contribution is -2.47. The van der Waals surface area contributed by atoms with Gasteiger partial charge in [-0.1, -0.05) is 68.4 Å². The molecule has 0 aromatic heterocycles. The summed E-state index contributed by atoms with van der Waals surface area (Å²) < 4.78 is 5.62. The minimum absolute atomic E-state index is 0.00550. The second-order valence-electron chi connectivity index (χ2n) is 8.36. The van der Waals surface area contributed by atoms with E-state index in [1.807, 2.05) is 47.4 Å². The van der Waals surface area contributed by atoms with Crippen molar-refractivity contribution in [2.45, 2.75) is 39.8 Å². The molecule has 1 heterocycles. The number of hydrogen-bond acceptors (Lipinski definition) is 3. The molecule has 1 unspecified atom stereocenters. The van der Waals surface area contributed by atoms with Crippen LogP contribution in [-0.2, 0) is 27.4 Å². The van der Waals surface area contributed by atoms with Gasteiger partial charge in [0, 0.05) is 13.1 Å². The minimum Gasteiger partial charge on any atom is -0.367 e. The molecule has 2 aromatic rings. The van der Waals surface area contributed by atoms with Gasteiger partial charge in [-0.05, 0) is 36.0 Å². The van der Waals surface area contributed by atoms with E-state index in [-0.39, 0.29) is 36.9 Å². The lowest BCUT2D eigenvalue weighted by molar-refractivity contribution is -0.145. The van der Waals surface area contributed by atoms with Gasteiger partial charge in [0.15, 0.2) is 0 Å². The molecule has 0 saturated heterocycles. The summed E-state index contributed by atoms with van der Waals surface area (Å²) in [6.07, 6.45) is 0.852. The summed E-state index contributed by atoms with van der Waals surface area (Å²) in [5.41, 5.74) is 3.53. The molecule has 1 aliphatic rings. The number of nitrogens with zero attached hydrogens (tertiary/aromatic N) is 2. The van der Waals surface area contributed by atoms with Crippen molar-refractivity contribution in [2.24, 2.45) is 5.92 Å². The predicted octanol–water partition coefficient (Wildman–Crippen LogP) is 3.83. The molecular weight excluding hydrogens is 376 g/mol. The summed E-state index contributed by atoms with van der Waals surface area (Å²) in [6, 6.07) is 18.1. The second kappa shape index (κ2) is 10.4. The van der Waals surface area contributed by atoms with Gasteiger partial charge in [0.1, 0.15) is 6.61 Å². The molecule has 5 nitrogen and oxygen atoms in total. The van der Waals surface area contributed by atoms with Gasteiger partial charge in [0.2, 0.25) is 11.8 Å². The monoisotopic (exact) mass is 408 g/mol. The first kappa shape index (κ1) is 22.0. The van der Waals surface area contributed by atoms with E-state index in [0.29, 0.717) is 19.7 Å². The largest absolute Gasteiger partial charge is 0.367 e. The summed E-state index contributed by atoms with van der Waals surface area (Å²) in [6.45, 7) is 7.85. The van der Waals surface area contributed by atoms with E-state index in [1.54, 1.807) is 4.90 Å². The zero-order valence-electron chi connectivity index (χ0n) is 18.2. The van der Waals surface area contributed by atoms with Crippen LogP contribution in [0.5, 0.6) is 0 Å². The van der Waals surface area contributed by atoms with Crippen LogP contribution in [0.25, 0.3) is 0 Å². The van der Waals surface area contributed by atoms with Crippen LogP contribution in [0, 0.1) is 5.92 Å². The molecule has 0 spiro atoms. The van der Waals surface area contributed by atoms with E-state index in [9.17, 15) is 9.59 Å². The third kappa shape index (κ3) is 5.70. The molecule has 0 N–H and O–H groups in total. The zero-order valence-corrected chi connectivity index (χ0v) is 18.2. The molecule has 2 amide bonds. The van der Waals surface area contributed by atoms with Gasteiger partial charge in [-0.15, -0.1) is 0 Å². The van der Waals surface area contributed by atoms with Crippen LogP contribution in [0.3, 0.4) is 0 Å². The molecule has 0 aliphatic carbocycles. The van der Waals surface area contributed by atoms with E-state index in [4.69, 9.17) is 4.74 Å². The summed E-state index contributed by atoms with van der Waals surface area (Å²) in [5.74, 6) is 0.127. The van der Waals surface area contributed by atoms with Crippen molar-refractivity contribution in [3.05, 3.63) is 71.3 Å². The lowest BCUT2D eigenvalue weighted by atomic mass is 9.93. The van der Waals surface area contributed by atoms with Crippen molar-refractivity contribution in [2.75, 3.05) is 26.2 Å². The van der Waals surface area contributed by atoms with Gasteiger partial charge in [-0.3, -0.25) is 9.59 Å². The number of carbonyl (C=O) groups is 2. The van der Waals surface area contributed by atoms with Crippen molar-refractivity contribution in [3.63, 3.8) is 0 Å². The standard InChI is InChI=1S/C25H32N2O3/c1-19(2)15-26(25(29)18-30-17-21-9-5-4-6-10-21)16-24(28)27-14-13-22-11-7-8-12-23(22)20(27)3/h4-12,19-20H,13-18H2,1-3H3. The molecule has 0 bridgehead atoms. The number of rotatable bonds is 8. The van der Waals surface area contributed by atoms with Crippen molar-refractivity contribution in [3.8, 4) is 0 Å². The van der Waals surface area contributed by atoms with Crippen LogP contribution in [-0.4, -0.2) is 47.9 Å². The van der Waals surface area contributed by atoms with Gasteiger partial charge in [-0.25, -0.2) is 0 Å². The van der Waals surface area contributed by atoms with Crippen molar-refractivity contribution in [1.29, 1.82) is 0 Å². The minimum atomic E-state index is -0.141. The molecule has 5 heteroatoms. The number of benzene rings is 2. The molecule has 2 aromatic carbocycles. The van der Waals surface area contributed by atoms with Crippen molar-refractivity contribution < 1.29 is 14.3 Å². The second-order valence-corrected chi connectivity index (χ2v) is 8.36. The average Bonchev–Trinajstić information content (AvgIpc) is 2.74. The highest BCUT2D eigenvalue weighted by Gasteiger charge is 2.29. The van der Waals surface area contributed by atoms with Crippen LogP contribution >= 0.6 is 0 Å². The highest BCUT2D eigenvalue weighted by molar-refractivity contribution is 5.85. The van der Waals surface area contributed by atoms with E-state index < -0.39 is 0 Å². The summed E-state index contributed by atoms with van der Waals surface area (Å²) in [7, 11) is 0. The molecule has 1 atom stereocenters. The molecule has 0 saturated carbocycles. The van der Waals surface area contributed by atoms with E-state index in [1.165, 1.54) is 11.1 Å². The fourth-order valence-electron chi connectivity index (χ4n) is 3.98. The molecule has 3 rings (SSSR count). The number of amides is 2. The molecule has 0 fully saturated rings. The maximum Gasteiger partial charge on any atom is 0.249 e. The van der Waals surface area contributed by atoms with Crippen molar-refractivity contribution >= 4 is 11.8 Å². The Bertz CT molecular complexity index is 850. The number of carbonyl (C=O) groups excluding carboxylic acids is 2. The van der Waals surface area contributed by atoms with Crippen LogP contribution in [0.4, 0.5) is 0 Å². The first-order chi connectivity index (χ1) is 14.5. The molecule has 1 aliphatic heterocycles. The maximum absolute atomic E-state index is 13.1. The van der Waals surface area contributed by atoms with Gasteiger partial charge >= 0.3 is 0 Å². The molecule has 30 heavy (non-hydrogen) atoms. The summed E-state index contributed by atoms with van der Waals surface area (Å²) >= 11 is 0. The SMILES string of the molecule is CC(C)CN(CC(=O)N1CCc2ccccc2C1C)C(=O)COCc1ccccc1. The molecular formula is C25H32N2O3. The van der Waals surface area contributed by atoms with Gasteiger partial charge in [-0.2, -0.15) is 0 Å². The van der Waals surface area contributed by atoms with Gasteiger partial charge in [0.05, 0.1) is 19.2 Å². The third-order valence-electron chi connectivity index (χ3n) is 5.52. The van der Waals surface area contributed by atoms with E-state index >= 15 is 0 Å². The van der Waals surface area contributed by atoms with E-state index in [0.717, 1.165) is 12.0 Å². The van der Waals surface area contributed by atoms with Crippen LogP contribution < -0.4 is 0 Å². The van der Waals surface area contributed by atoms with Crippen molar-refractivity contribution in [1.82, 2.24) is 9.80 Å². The molecule has 0 radical (unpaired) electrons. The zero-order chi connectivity index (χ0) is 21.5. The Hall–Kier alpha value is -2.66. The first-order valence-electron chi connectivity index (χ1n) is 10.7. The fourth-order valence-corrected chi connectivity index (χ4v) is 3.98. The maximum atomic E-state index is 13.1. The van der Waals surface area contributed by atoms with Gasteiger partial charge in [0.25, 0.3) is 0 Å². The Morgan fingerprint density at radius 2 is 1.80 bits per heavy atom. The average molecular weight is 409 g/mol.